The molecule has 3 aromatic carbocycles. The Kier molecular flexibility index (Phi) is 8.51. The van der Waals surface area contributed by atoms with Gasteiger partial charge in [0.05, 0.1) is 27.8 Å². The molecule has 0 N–H and O–H groups in total. The predicted molar refractivity (Wildman–Crippen MR) is 127 cm³/mol. The van der Waals surface area contributed by atoms with Gasteiger partial charge in [0.15, 0.2) is 0 Å². The van der Waals surface area contributed by atoms with E-state index in [1.54, 1.807) is 12.1 Å². The van der Waals surface area contributed by atoms with Gasteiger partial charge in [0, 0.05) is 43.5 Å². The van der Waals surface area contributed by atoms with Gasteiger partial charge in [-0.25, -0.2) is 4.79 Å². The number of non-ortho nitro benzene ring substituents is 2. The van der Waals surface area contributed by atoms with Crippen LogP contribution in [0.3, 0.4) is 0 Å². The number of hydrogen-bond acceptors (Lipinski definition) is 10. The van der Waals surface area contributed by atoms with Crippen LogP contribution in [0.2, 0.25) is 0 Å². The zero-order valence-corrected chi connectivity index (χ0v) is 18.6. The second-order valence-electron chi connectivity index (χ2n) is 7.19. The maximum Gasteiger partial charge on any atom is 0.337 e. The lowest BCUT2D eigenvalue weighted by Crippen LogP contribution is -2.24. The zero-order valence-electron chi connectivity index (χ0n) is 18.6. The molecule has 180 valence electrons. The maximum atomic E-state index is 11.9. The summed E-state index contributed by atoms with van der Waals surface area (Å²) >= 11 is 0. The van der Waals surface area contributed by atoms with E-state index in [-0.39, 0.29) is 30.3 Å². The first kappa shape index (κ1) is 24.9. The number of esters is 1. The van der Waals surface area contributed by atoms with Crippen LogP contribution in [0.4, 0.5) is 28.4 Å². The molecule has 0 radical (unpaired) electrons. The van der Waals surface area contributed by atoms with E-state index in [1.807, 2.05) is 24.1 Å². The topological polar surface area (TPSA) is 150 Å². The van der Waals surface area contributed by atoms with Gasteiger partial charge < -0.3 is 14.4 Å². The van der Waals surface area contributed by atoms with Gasteiger partial charge in [0.25, 0.3) is 11.4 Å². The second-order valence-corrected chi connectivity index (χ2v) is 7.19. The van der Waals surface area contributed by atoms with E-state index in [9.17, 15) is 25.0 Å². The molecule has 0 bridgehead atoms. The highest BCUT2D eigenvalue weighted by atomic mass is 16.6. The van der Waals surface area contributed by atoms with Gasteiger partial charge in [-0.2, -0.15) is 10.2 Å². The number of nitro benzene ring substituents is 2. The summed E-state index contributed by atoms with van der Waals surface area (Å²) in [6.45, 7) is 0.523. The summed E-state index contributed by atoms with van der Waals surface area (Å²) in [6.07, 6.45) is 0. The Hall–Kier alpha value is -4.71. The second kappa shape index (κ2) is 12.0. The largest absolute Gasteiger partial charge is 0.425 e. The summed E-state index contributed by atoms with van der Waals surface area (Å²) in [5.74, 6) is -0.406. The average molecular weight is 479 g/mol. The van der Waals surface area contributed by atoms with Crippen molar-refractivity contribution >= 4 is 34.4 Å². The molecule has 0 aromatic heterocycles. The first-order valence-corrected chi connectivity index (χ1v) is 10.3. The van der Waals surface area contributed by atoms with Crippen molar-refractivity contribution in [3.05, 3.63) is 93.0 Å². The number of carbonyl (C=O) groups excluding carboxylic acids is 1. The molecule has 0 amide bonds. The van der Waals surface area contributed by atoms with Crippen LogP contribution in [-0.4, -0.2) is 42.6 Å². The number of anilines is 1. The van der Waals surface area contributed by atoms with Gasteiger partial charge in [0.1, 0.15) is 12.4 Å². The molecule has 12 nitrogen and oxygen atoms in total. The molecule has 35 heavy (non-hydrogen) atoms. The Morgan fingerprint density at radius 2 is 1.31 bits per heavy atom. The third-order valence-corrected chi connectivity index (χ3v) is 4.70. The van der Waals surface area contributed by atoms with Gasteiger partial charge in [-0.3, -0.25) is 20.2 Å². The molecule has 3 rings (SSSR count). The Bertz CT molecular complexity index is 1200. The van der Waals surface area contributed by atoms with E-state index < -0.39 is 15.8 Å². The number of rotatable bonds is 11. The van der Waals surface area contributed by atoms with Crippen molar-refractivity contribution in [3.8, 4) is 5.75 Å². The summed E-state index contributed by atoms with van der Waals surface area (Å²) in [6, 6.07) is 18.2. The highest BCUT2D eigenvalue weighted by Gasteiger charge is 2.09. The van der Waals surface area contributed by atoms with Gasteiger partial charge in [-0.1, -0.05) is 0 Å². The highest BCUT2D eigenvalue weighted by Crippen LogP contribution is 2.23. The molecule has 0 saturated carbocycles. The molecule has 0 unspecified atom stereocenters. The van der Waals surface area contributed by atoms with Crippen LogP contribution in [0, 0.1) is 20.2 Å². The lowest BCUT2D eigenvalue weighted by Gasteiger charge is -2.19. The number of carbonyl (C=O) groups is 1. The number of hydrogen-bond donors (Lipinski definition) is 0. The molecule has 0 aliphatic heterocycles. The van der Waals surface area contributed by atoms with E-state index >= 15 is 0 Å². The highest BCUT2D eigenvalue weighted by molar-refractivity contribution is 5.73. The number of azo groups is 1. The number of nitro groups is 2. The third-order valence-electron chi connectivity index (χ3n) is 4.70. The van der Waals surface area contributed by atoms with Crippen LogP contribution >= 0.6 is 0 Å². The molecule has 12 heteroatoms. The van der Waals surface area contributed by atoms with E-state index in [2.05, 4.69) is 10.2 Å². The Labute approximate surface area is 199 Å². The summed E-state index contributed by atoms with van der Waals surface area (Å²) in [5, 5.41) is 29.5. The summed E-state index contributed by atoms with van der Waals surface area (Å²) in [7, 11) is 1.87. The van der Waals surface area contributed by atoms with E-state index in [0.717, 1.165) is 5.69 Å². The van der Waals surface area contributed by atoms with Crippen LogP contribution < -0.4 is 9.64 Å². The van der Waals surface area contributed by atoms with Crippen LogP contribution in [0.5, 0.6) is 5.75 Å². The van der Waals surface area contributed by atoms with Crippen molar-refractivity contribution in [2.75, 3.05) is 31.7 Å². The molecule has 0 aliphatic rings. The monoisotopic (exact) mass is 479 g/mol. The summed E-state index contributed by atoms with van der Waals surface area (Å²) in [5.41, 5.74) is 1.91. The molecular formula is C23H21N5O7. The van der Waals surface area contributed by atoms with Crippen LogP contribution in [0.25, 0.3) is 0 Å². The van der Waals surface area contributed by atoms with Crippen molar-refractivity contribution in [1.29, 1.82) is 0 Å². The number of benzene rings is 3. The van der Waals surface area contributed by atoms with Gasteiger partial charge in [0.2, 0.25) is 0 Å². The Balaban J connectivity index is 1.40. The fraction of sp³-hybridized carbons (Fsp3) is 0.174. The fourth-order valence-electron chi connectivity index (χ4n) is 2.81. The van der Waals surface area contributed by atoms with Crippen LogP contribution in [-0.2, 0) is 9.53 Å². The smallest absolute Gasteiger partial charge is 0.337 e. The Morgan fingerprint density at radius 1 is 0.829 bits per heavy atom. The van der Waals surface area contributed by atoms with Crippen LogP contribution in [0.1, 0.15) is 0 Å². The maximum absolute atomic E-state index is 11.9. The molecule has 0 fully saturated rings. The van der Waals surface area contributed by atoms with Gasteiger partial charge >= 0.3 is 5.97 Å². The molecule has 0 saturated heterocycles. The average Bonchev–Trinajstić information content (AvgIpc) is 2.86. The standard InChI is InChI=1S/C23H21N5O7/c1-26(14-15-34-16-23(29)35-22-12-10-21(11-13-22)28(32)33)19-6-2-17(3-7-19)24-25-18-4-8-20(9-5-18)27(30)31/h2-13H,14-16H2,1H3. The molecule has 3 aromatic rings. The molecule has 0 heterocycles. The van der Waals surface area contributed by atoms with Crippen LogP contribution in [0.15, 0.2) is 83.0 Å². The lowest BCUT2D eigenvalue weighted by molar-refractivity contribution is -0.385. The van der Waals surface area contributed by atoms with Crippen molar-refractivity contribution in [1.82, 2.24) is 0 Å². The first-order valence-electron chi connectivity index (χ1n) is 10.3. The SMILES string of the molecule is CN(CCOCC(=O)Oc1ccc([N+](=O)[O-])cc1)c1ccc(N=Nc2ccc([N+](=O)[O-])cc2)cc1. The van der Waals surface area contributed by atoms with Crippen molar-refractivity contribution < 1.29 is 24.1 Å². The minimum Gasteiger partial charge on any atom is -0.425 e. The van der Waals surface area contributed by atoms with E-state index in [0.29, 0.717) is 17.9 Å². The third kappa shape index (κ3) is 7.68. The van der Waals surface area contributed by atoms with Crippen molar-refractivity contribution in [2.45, 2.75) is 0 Å². The van der Waals surface area contributed by atoms with Gasteiger partial charge in [-0.05, 0) is 48.5 Å². The minimum absolute atomic E-state index is 0.0123. The zero-order chi connectivity index (χ0) is 25.2. The Morgan fingerprint density at radius 3 is 1.83 bits per heavy atom. The lowest BCUT2D eigenvalue weighted by atomic mass is 10.2. The number of likely N-dealkylation sites (N-methyl/N-ethyl adjacent to an activating group) is 1. The van der Waals surface area contributed by atoms with E-state index in [1.165, 1.54) is 48.5 Å². The predicted octanol–water partition coefficient (Wildman–Crippen LogP) is 4.98. The first-order chi connectivity index (χ1) is 16.8. The minimum atomic E-state index is -0.607. The normalized spacial score (nSPS) is 10.8. The number of nitrogens with zero attached hydrogens (tertiary/aromatic N) is 5. The summed E-state index contributed by atoms with van der Waals surface area (Å²) < 4.78 is 10.4. The van der Waals surface area contributed by atoms with Crippen molar-refractivity contribution in [3.63, 3.8) is 0 Å². The summed E-state index contributed by atoms with van der Waals surface area (Å²) in [4.78, 5) is 34.1. The fourth-order valence-corrected chi connectivity index (χ4v) is 2.81. The quantitative estimate of drug-likeness (QED) is 0.0933. The molecular weight excluding hydrogens is 458 g/mol. The van der Waals surface area contributed by atoms with Crippen molar-refractivity contribution in [2.24, 2.45) is 10.2 Å². The van der Waals surface area contributed by atoms with E-state index in [4.69, 9.17) is 9.47 Å². The number of ether oxygens (including phenoxy) is 2. The molecule has 0 atom stereocenters. The molecule has 0 spiro atoms. The van der Waals surface area contributed by atoms with Gasteiger partial charge in [-0.15, -0.1) is 0 Å². The molecule has 0 aliphatic carbocycles.